The number of nitrogens with one attached hydrogen (secondary N) is 1. The van der Waals surface area contributed by atoms with Crippen molar-refractivity contribution in [1.82, 2.24) is 0 Å². The van der Waals surface area contributed by atoms with Gasteiger partial charge in [-0.3, -0.25) is 4.79 Å². The average molecular weight is 309 g/mol. The zero-order valence-electron chi connectivity index (χ0n) is 12.7. The fraction of sp³-hybridized carbons (Fsp3) is 0.625. The lowest BCUT2D eigenvalue weighted by Gasteiger charge is -2.13. The van der Waals surface area contributed by atoms with Crippen molar-refractivity contribution in [3.63, 3.8) is 0 Å². The predicted octanol–water partition coefficient (Wildman–Crippen LogP) is 4.36. The van der Waals surface area contributed by atoms with Gasteiger partial charge in [-0.05, 0) is 38.2 Å². The summed E-state index contributed by atoms with van der Waals surface area (Å²) in [5.41, 5.74) is 0.990. The van der Waals surface area contributed by atoms with Crippen LogP contribution in [0.15, 0.2) is 0 Å². The van der Waals surface area contributed by atoms with Crippen LogP contribution in [-0.4, -0.2) is 17.0 Å². The van der Waals surface area contributed by atoms with E-state index in [0.717, 1.165) is 23.3 Å². The molecule has 0 unspecified atom stereocenters. The quantitative estimate of drug-likeness (QED) is 0.812. The van der Waals surface area contributed by atoms with Crippen LogP contribution in [0.2, 0.25) is 0 Å². The summed E-state index contributed by atoms with van der Waals surface area (Å²) in [6.45, 7) is 3.67. The van der Waals surface area contributed by atoms with E-state index in [1.807, 2.05) is 6.92 Å². The molecule has 2 rings (SSSR count). The molecule has 116 valence electrons. The first-order valence-electron chi connectivity index (χ1n) is 7.62. The number of carboxylic acids is 1. The number of carbonyl (C=O) groups excluding carboxylic acids is 1. The third-order valence-electron chi connectivity index (χ3n) is 4.30. The van der Waals surface area contributed by atoms with Crippen molar-refractivity contribution in [2.45, 2.75) is 58.8 Å². The van der Waals surface area contributed by atoms with Gasteiger partial charge in [0.05, 0.1) is 5.56 Å². The van der Waals surface area contributed by atoms with Gasteiger partial charge in [0.1, 0.15) is 5.00 Å². The van der Waals surface area contributed by atoms with E-state index in [9.17, 15) is 14.7 Å². The van der Waals surface area contributed by atoms with E-state index < -0.39 is 5.97 Å². The first-order valence-corrected chi connectivity index (χ1v) is 8.43. The van der Waals surface area contributed by atoms with E-state index in [1.165, 1.54) is 37.0 Å². The molecule has 0 saturated heterocycles. The minimum absolute atomic E-state index is 0.0503. The molecule has 5 heteroatoms. The SMILES string of the molecule is Cc1sc(NC(=O)CC2CCCCCC2)c(C(=O)O)c1C. The molecule has 1 aromatic rings. The Balaban J connectivity index is 2.02. The molecule has 1 aliphatic rings. The lowest BCUT2D eigenvalue weighted by molar-refractivity contribution is -0.117. The van der Waals surface area contributed by atoms with Crippen LogP contribution >= 0.6 is 11.3 Å². The molecule has 2 N–H and O–H groups in total. The Morgan fingerprint density at radius 1 is 1.19 bits per heavy atom. The summed E-state index contributed by atoms with van der Waals surface area (Å²) in [5, 5.41) is 12.6. The number of amides is 1. The summed E-state index contributed by atoms with van der Waals surface area (Å²) in [5.74, 6) is -0.574. The van der Waals surface area contributed by atoms with E-state index in [2.05, 4.69) is 5.32 Å². The highest BCUT2D eigenvalue weighted by atomic mass is 32.1. The number of anilines is 1. The fourth-order valence-electron chi connectivity index (χ4n) is 2.98. The maximum absolute atomic E-state index is 12.2. The van der Waals surface area contributed by atoms with E-state index >= 15 is 0 Å². The molecule has 1 aliphatic carbocycles. The number of aryl methyl sites for hydroxylation is 1. The van der Waals surface area contributed by atoms with Gasteiger partial charge in [-0.25, -0.2) is 4.79 Å². The zero-order chi connectivity index (χ0) is 15.4. The van der Waals surface area contributed by atoms with Gasteiger partial charge in [-0.15, -0.1) is 11.3 Å². The van der Waals surface area contributed by atoms with Crippen LogP contribution in [-0.2, 0) is 4.79 Å². The molecule has 0 aliphatic heterocycles. The summed E-state index contributed by atoms with van der Waals surface area (Å²) in [6, 6.07) is 0. The van der Waals surface area contributed by atoms with Crippen LogP contribution < -0.4 is 5.32 Å². The molecule has 21 heavy (non-hydrogen) atoms. The summed E-state index contributed by atoms with van der Waals surface area (Å²) in [4.78, 5) is 24.5. The molecule has 0 bridgehead atoms. The fourth-order valence-corrected chi connectivity index (χ4v) is 4.05. The van der Waals surface area contributed by atoms with E-state index in [4.69, 9.17) is 0 Å². The molecule has 0 radical (unpaired) electrons. The summed E-state index contributed by atoms with van der Waals surface area (Å²) in [6.07, 6.45) is 7.68. The third-order valence-corrected chi connectivity index (χ3v) is 5.42. The van der Waals surface area contributed by atoms with Gasteiger partial charge in [0.25, 0.3) is 0 Å². The number of aromatic carboxylic acids is 1. The van der Waals surface area contributed by atoms with Gasteiger partial charge in [0.15, 0.2) is 0 Å². The van der Waals surface area contributed by atoms with E-state index in [0.29, 0.717) is 17.3 Å². The van der Waals surface area contributed by atoms with Gasteiger partial charge < -0.3 is 10.4 Å². The molecule has 1 aromatic heterocycles. The molecule has 1 fully saturated rings. The smallest absolute Gasteiger partial charge is 0.338 e. The first-order chi connectivity index (χ1) is 9.99. The van der Waals surface area contributed by atoms with Crippen molar-refractivity contribution >= 4 is 28.2 Å². The normalized spacial score (nSPS) is 16.5. The van der Waals surface area contributed by atoms with Crippen molar-refractivity contribution in [2.24, 2.45) is 5.92 Å². The van der Waals surface area contributed by atoms with Crippen LogP contribution in [0.5, 0.6) is 0 Å². The number of hydrogen-bond donors (Lipinski definition) is 2. The largest absolute Gasteiger partial charge is 0.478 e. The number of thiophene rings is 1. The van der Waals surface area contributed by atoms with Crippen LogP contribution in [0.25, 0.3) is 0 Å². The first kappa shape index (κ1) is 16.0. The van der Waals surface area contributed by atoms with E-state index in [1.54, 1.807) is 6.92 Å². The second-order valence-corrected chi connectivity index (χ2v) is 7.13. The van der Waals surface area contributed by atoms with Gasteiger partial charge in [0, 0.05) is 11.3 Å². The topological polar surface area (TPSA) is 66.4 Å². The Bertz CT molecular complexity index is 528. The van der Waals surface area contributed by atoms with Crippen LogP contribution in [0, 0.1) is 19.8 Å². The van der Waals surface area contributed by atoms with Crippen molar-refractivity contribution < 1.29 is 14.7 Å². The Morgan fingerprint density at radius 3 is 2.38 bits per heavy atom. The Hall–Kier alpha value is -1.36. The second-order valence-electron chi connectivity index (χ2n) is 5.90. The van der Waals surface area contributed by atoms with Crippen molar-refractivity contribution in [2.75, 3.05) is 5.32 Å². The summed E-state index contributed by atoms with van der Waals surface area (Å²) in [7, 11) is 0. The molecular weight excluding hydrogens is 286 g/mol. The lowest BCUT2D eigenvalue weighted by atomic mass is 9.96. The highest BCUT2D eigenvalue weighted by molar-refractivity contribution is 7.16. The minimum Gasteiger partial charge on any atom is -0.478 e. The average Bonchev–Trinajstić information content (AvgIpc) is 2.58. The monoisotopic (exact) mass is 309 g/mol. The maximum Gasteiger partial charge on any atom is 0.338 e. The number of rotatable bonds is 4. The molecule has 1 heterocycles. The lowest BCUT2D eigenvalue weighted by Crippen LogP contribution is -2.17. The minimum atomic E-state index is -0.971. The molecule has 4 nitrogen and oxygen atoms in total. The molecule has 0 aromatic carbocycles. The Labute approximate surface area is 129 Å². The molecule has 1 saturated carbocycles. The highest BCUT2D eigenvalue weighted by Crippen LogP contribution is 2.33. The van der Waals surface area contributed by atoms with Crippen LogP contribution in [0.1, 0.15) is 65.7 Å². The Kier molecular flexibility index (Phi) is 5.39. The predicted molar refractivity (Wildman–Crippen MR) is 85.2 cm³/mol. The number of carboxylic acid groups (broad SMARTS) is 1. The molecule has 0 atom stereocenters. The maximum atomic E-state index is 12.2. The van der Waals surface area contributed by atoms with E-state index in [-0.39, 0.29) is 11.5 Å². The van der Waals surface area contributed by atoms with Crippen LogP contribution in [0.4, 0.5) is 5.00 Å². The van der Waals surface area contributed by atoms with Gasteiger partial charge in [0.2, 0.25) is 5.91 Å². The van der Waals surface area contributed by atoms with Crippen molar-refractivity contribution in [3.05, 3.63) is 16.0 Å². The third kappa shape index (κ3) is 4.06. The summed E-state index contributed by atoms with van der Waals surface area (Å²) >= 11 is 1.35. The van der Waals surface area contributed by atoms with Crippen molar-refractivity contribution in [1.29, 1.82) is 0 Å². The van der Waals surface area contributed by atoms with Gasteiger partial charge in [-0.1, -0.05) is 25.7 Å². The molecular formula is C16H23NO3S. The highest BCUT2D eigenvalue weighted by Gasteiger charge is 2.22. The molecule has 1 amide bonds. The standard InChI is InChI=1S/C16H23NO3S/c1-10-11(2)21-15(14(10)16(19)20)17-13(18)9-12-7-5-3-4-6-8-12/h12H,3-9H2,1-2H3,(H,17,18)(H,19,20). The second kappa shape index (κ2) is 7.07. The van der Waals surface area contributed by atoms with Gasteiger partial charge in [-0.2, -0.15) is 0 Å². The van der Waals surface area contributed by atoms with Gasteiger partial charge >= 0.3 is 5.97 Å². The number of hydrogen-bond acceptors (Lipinski definition) is 3. The Morgan fingerprint density at radius 2 is 1.81 bits per heavy atom. The number of carbonyl (C=O) groups is 2. The zero-order valence-corrected chi connectivity index (χ0v) is 13.5. The molecule has 0 spiro atoms. The summed E-state index contributed by atoms with van der Waals surface area (Å²) < 4.78 is 0. The van der Waals surface area contributed by atoms with Crippen LogP contribution in [0.3, 0.4) is 0 Å². The van der Waals surface area contributed by atoms with Crippen molar-refractivity contribution in [3.8, 4) is 0 Å².